The molecule has 20 heavy (non-hydrogen) atoms. The Morgan fingerprint density at radius 1 is 1.30 bits per heavy atom. The SMILES string of the molecule is CCOc1cccc(C=O)c1OCc1nccn1CC. The molecule has 0 fully saturated rings. The lowest BCUT2D eigenvalue weighted by Gasteiger charge is -2.13. The van der Waals surface area contributed by atoms with E-state index in [2.05, 4.69) is 4.98 Å². The molecule has 0 unspecified atom stereocenters. The van der Waals surface area contributed by atoms with Crippen LogP contribution in [0.25, 0.3) is 0 Å². The van der Waals surface area contributed by atoms with E-state index in [1.807, 2.05) is 24.6 Å². The molecule has 0 spiro atoms. The average molecular weight is 274 g/mol. The van der Waals surface area contributed by atoms with Crippen LogP contribution in [0, 0.1) is 0 Å². The second kappa shape index (κ2) is 6.75. The first-order chi connectivity index (χ1) is 9.80. The molecule has 0 aliphatic carbocycles. The van der Waals surface area contributed by atoms with E-state index in [1.54, 1.807) is 24.4 Å². The summed E-state index contributed by atoms with van der Waals surface area (Å²) in [4.78, 5) is 15.4. The molecule has 0 saturated carbocycles. The molecule has 2 rings (SSSR count). The quantitative estimate of drug-likeness (QED) is 0.728. The standard InChI is InChI=1S/C15H18N2O3/c1-3-17-9-8-16-14(17)11-20-15-12(10-18)6-5-7-13(15)19-4-2/h5-10H,3-4,11H2,1-2H3. The van der Waals surface area contributed by atoms with Gasteiger partial charge in [0.1, 0.15) is 12.4 Å². The number of aryl methyl sites for hydroxylation is 1. The third-order valence-corrected chi connectivity index (χ3v) is 2.92. The normalized spacial score (nSPS) is 10.3. The zero-order valence-electron chi connectivity index (χ0n) is 11.7. The molecule has 5 nitrogen and oxygen atoms in total. The highest BCUT2D eigenvalue weighted by atomic mass is 16.5. The van der Waals surface area contributed by atoms with Crippen molar-refractivity contribution in [2.24, 2.45) is 0 Å². The van der Waals surface area contributed by atoms with Crippen molar-refractivity contribution in [2.75, 3.05) is 6.61 Å². The summed E-state index contributed by atoms with van der Waals surface area (Å²) in [5, 5.41) is 0. The van der Waals surface area contributed by atoms with E-state index in [9.17, 15) is 4.79 Å². The van der Waals surface area contributed by atoms with Crippen LogP contribution in [0.1, 0.15) is 30.0 Å². The third-order valence-electron chi connectivity index (χ3n) is 2.92. The van der Waals surface area contributed by atoms with Gasteiger partial charge in [0.25, 0.3) is 0 Å². The largest absolute Gasteiger partial charge is 0.490 e. The predicted octanol–water partition coefficient (Wildman–Crippen LogP) is 2.69. The van der Waals surface area contributed by atoms with E-state index < -0.39 is 0 Å². The van der Waals surface area contributed by atoms with Crippen molar-refractivity contribution in [2.45, 2.75) is 27.0 Å². The average Bonchev–Trinajstić information content (AvgIpc) is 2.93. The highest BCUT2D eigenvalue weighted by Gasteiger charge is 2.12. The second-order valence-corrected chi connectivity index (χ2v) is 4.14. The predicted molar refractivity (Wildman–Crippen MR) is 75.2 cm³/mol. The third kappa shape index (κ3) is 2.99. The number of rotatable bonds is 7. The van der Waals surface area contributed by atoms with Gasteiger partial charge >= 0.3 is 0 Å². The number of aldehydes is 1. The van der Waals surface area contributed by atoms with Crippen molar-refractivity contribution in [3.05, 3.63) is 42.0 Å². The van der Waals surface area contributed by atoms with Crippen LogP contribution in [0.2, 0.25) is 0 Å². The molecule has 2 aromatic rings. The van der Waals surface area contributed by atoms with E-state index in [-0.39, 0.29) is 0 Å². The van der Waals surface area contributed by atoms with Crippen LogP contribution in [-0.2, 0) is 13.2 Å². The van der Waals surface area contributed by atoms with Gasteiger partial charge in [-0.05, 0) is 26.0 Å². The maximum absolute atomic E-state index is 11.1. The summed E-state index contributed by atoms with van der Waals surface area (Å²) in [6.07, 6.45) is 4.40. The van der Waals surface area contributed by atoms with Gasteiger partial charge < -0.3 is 14.0 Å². The Balaban J connectivity index is 2.21. The first-order valence-corrected chi connectivity index (χ1v) is 6.63. The number of aromatic nitrogens is 2. The van der Waals surface area contributed by atoms with Crippen LogP contribution < -0.4 is 9.47 Å². The van der Waals surface area contributed by atoms with Crippen LogP contribution in [0.4, 0.5) is 0 Å². The summed E-state index contributed by atoms with van der Waals surface area (Å²) in [5.74, 6) is 1.86. The van der Waals surface area contributed by atoms with Gasteiger partial charge in [0, 0.05) is 18.9 Å². The molecular weight excluding hydrogens is 256 g/mol. The molecule has 0 aliphatic rings. The van der Waals surface area contributed by atoms with E-state index in [4.69, 9.17) is 9.47 Å². The number of ether oxygens (including phenoxy) is 2. The molecule has 5 heteroatoms. The van der Waals surface area contributed by atoms with Gasteiger partial charge in [-0.1, -0.05) is 6.07 Å². The van der Waals surface area contributed by atoms with E-state index >= 15 is 0 Å². The molecule has 106 valence electrons. The molecule has 0 saturated heterocycles. The highest BCUT2D eigenvalue weighted by molar-refractivity contribution is 5.81. The van der Waals surface area contributed by atoms with Crippen LogP contribution in [-0.4, -0.2) is 22.4 Å². The van der Waals surface area contributed by atoms with Gasteiger partial charge in [-0.3, -0.25) is 4.79 Å². The lowest BCUT2D eigenvalue weighted by atomic mass is 10.2. The van der Waals surface area contributed by atoms with Gasteiger partial charge in [0.05, 0.1) is 12.2 Å². The number of benzene rings is 1. The number of carbonyl (C=O) groups is 1. The van der Waals surface area contributed by atoms with E-state index in [1.165, 1.54) is 0 Å². The fourth-order valence-corrected chi connectivity index (χ4v) is 1.95. The summed E-state index contributed by atoms with van der Waals surface area (Å²) in [5.41, 5.74) is 0.477. The first-order valence-electron chi connectivity index (χ1n) is 6.63. The Hall–Kier alpha value is -2.30. The van der Waals surface area contributed by atoms with Gasteiger partial charge in [-0.15, -0.1) is 0 Å². The topological polar surface area (TPSA) is 53.4 Å². The number of para-hydroxylation sites is 1. The Kier molecular flexibility index (Phi) is 4.76. The fraction of sp³-hybridized carbons (Fsp3) is 0.333. The number of imidazole rings is 1. The number of carbonyl (C=O) groups excluding carboxylic acids is 1. The maximum Gasteiger partial charge on any atom is 0.172 e. The van der Waals surface area contributed by atoms with Crippen LogP contribution in [0.15, 0.2) is 30.6 Å². The van der Waals surface area contributed by atoms with Crippen molar-refractivity contribution >= 4 is 6.29 Å². The van der Waals surface area contributed by atoms with E-state index in [0.717, 1.165) is 18.7 Å². The number of hydrogen-bond donors (Lipinski definition) is 0. The maximum atomic E-state index is 11.1. The Morgan fingerprint density at radius 3 is 2.85 bits per heavy atom. The molecule has 0 amide bonds. The Bertz CT molecular complexity index is 578. The number of nitrogens with zero attached hydrogens (tertiary/aromatic N) is 2. The van der Waals surface area contributed by atoms with E-state index in [0.29, 0.717) is 30.3 Å². The minimum atomic E-state index is 0.297. The van der Waals surface area contributed by atoms with Crippen LogP contribution >= 0.6 is 0 Å². The van der Waals surface area contributed by atoms with Crippen LogP contribution in [0.5, 0.6) is 11.5 Å². The minimum absolute atomic E-state index is 0.297. The summed E-state index contributed by atoms with van der Waals surface area (Å²) in [6.45, 7) is 5.57. The summed E-state index contributed by atoms with van der Waals surface area (Å²) in [6, 6.07) is 5.27. The highest BCUT2D eigenvalue weighted by Crippen LogP contribution is 2.31. The Morgan fingerprint density at radius 2 is 2.15 bits per heavy atom. The smallest absolute Gasteiger partial charge is 0.172 e. The second-order valence-electron chi connectivity index (χ2n) is 4.14. The molecule has 0 atom stereocenters. The van der Waals surface area contributed by atoms with Gasteiger partial charge in [0.15, 0.2) is 17.8 Å². The lowest BCUT2D eigenvalue weighted by Crippen LogP contribution is -2.07. The first kappa shape index (κ1) is 14.1. The zero-order chi connectivity index (χ0) is 14.4. The van der Waals surface area contributed by atoms with Gasteiger partial charge in [-0.2, -0.15) is 0 Å². The zero-order valence-corrected chi connectivity index (χ0v) is 11.7. The number of hydrogen-bond acceptors (Lipinski definition) is 4. The van der Waals surface area contributed by atoms with Crippen molar-refractivity contribution in [3.8, 4) is 11.5 Å². The Labute approximate surface area is 118 Å². The molecule has 1 aromatic heterocycles. The molecular formula is C15H18N2O3. The molecule has 1 heterocycles. The van der Waals surface area contributed by atoms with Crippen molar-refractivity contribution in [1.29, 1.82) is 0 Å². The molecule has 0 N–H and O–H groups in total. The van der Waals surface area contributed by atoms with Crippen molar-refractivity contribution in [3.63, 3.8) is 0 Å². The molecule has 1 aromatic carbocycles. The lowest BCUT2D eigenvalue weighted by molar-refractivity contribution is 0.111. The van der Waals surface area contributed by atoms with Gasteiger partial charge in [-0.25, -0.2) is 4.98 Å². The minimum Gasteiger partial charge on any atom is -0.490 e. The van der Waals surface area contributed by atoms with Crippen LogP contribution in [0.3, 0.4) is 0 Å². The summed E-state index contributed by atoms with van der Waals surface area (Å²) in [7, 11) is 0. The fourth-order valence-electron chi connectivity index (χ4n) is 1.95. The molecule has 0 radical (unpaired) electrons. The molecule has 0 bridgehead atoms. The summed E-state index contributed by atoms with van der Waals surface area (Å²) < 4.78 is 13.2. The van der Waals surface area contributed by atoms with Crippen molar-refractivity contribution < 1.29 is 14.3 Å². The monoisotopic (exact) mass is 274 g/mol. The molecule has 0 aliphatic heterocycles. The van der Waals surface area contributed by atoms with Crippen molar-refractivity contribution in [1.82, 2.24) is 9.55 Å². The van der Waals surface area contributed by atoms with Gasteiger partial charge in [0.2, 0.25) is 0 Å². The summed E-state index contributed by atoms with van der Waals surface area (Å²) >= 11 is 0.